The number of amides is 3. The van der Waals surface area contributed by atoms with Crippen molar-refractivity contribution in [2.24, 2.45) is 5.92 Å². The Labute approximate surface area is 158 Å². The summed E-state index contributed by atoms with van der Waals surface area (Å²) in [6, 6.07) is -2.20. The normalized spacial score (nSPS) is 19.9. The minimum absolute atomic E-state index is 0.0799. The van der Waals surface area contributed by atoms with Gasteiger partial charge in [0.15, 0.2) is 0 Å². The van der Waals surface area contributed by atoms with E-state index in [1.54, 1.807) is 6.92 Å². The quantitative estimate of drug-likeness (QED) is 0.263. The fourth-order valence-corrected chi connectivity index (χ4v) is 2.83. The number of thiol groups is 1. The maximum Gasteiger partial charge on any atom is 0.326 e. The average molecular weight is 388 g/mol. The van der Waals surface area contributed by atoms with Crippen LogP contribution in [-0.4, -0.2) is 65.8 Å². The highest BCUT2D eigenvalue weighted by molar-refractivity contribution is 7.80. The molecular formula is C16H28N4O5S. The van der Waals surface area contributed by atoms with Gasteiger partial charge in [0, 0.05) is 5.75 Å². The molecule has 0 aromatic carbocycles. The van der Waals surface area contributed by atoms with E-state index in [2.05, 4.69) is 33.9 Å². The first kappa shape index (κ1) is 22.2. The predicted molar refractivity (Wildman–Crippen MR) is 98.8 cm³/mol. The molecule has 0 spiro atoms. The summed E-state index contributed by atoms with van der Waals surface area (Å²) in [7, 11) is 0. The number of hydrogen-bond acceptors (Lipinski definition) is 6. The lowest BCUT2D eigenvalue weighted by molar-refractivity contribution is -0.143. The fraction of sp³-hybridized carbons (Fsp3) is 0.750. The molecule has 1 heterocycles. The molecule has 3 amide bonds. The van der Waals surface area contributed by atoms with Crippen LogP contribution in [0.5, 0.6) is 0 Å². The Balaban J connectivity index is 2.47. The van der Waals surface area contributed by atoms with Crippen LogP contribution in [0.4, 0.5) is 0 Å². The molecule has 0 aliphatic carbocycles. The fourth-order valence-electron chi connectivity index (χ4n) is 2.57. The van der Waals surface area contributed by atoms with Crippen LogP contribution >= 0.6 is 12.6 Å². The van der Waals surface area contributed by atoms with E-state index in [0.717, 1.165) is 13.0 Å². The number of nitrogens with one attached hydrogen (secondary N) is 4. The highest BCUT2D eigenvalue weighted by Crippen LogP contribution is 2.08. The number of carboxylic acids is 1. The summed E-state index contributed by atoms with van der Waals surface area (Å²) in [6.45, 7) is 3.94. The molecule has 26 heavy (non-hydrogen) atoms. The summed E-state index contributed by atoms with van der Waals surface area (Å²) in [5, 5.41) is 19.6. The molecule has 4 atom stereocenters. The smallest absolute Gasteiger partial charge is 0.326 e. The third kappa shape index (κ3) is 6.83. The molecule has 1 saturated heterocycles. The van der Waals surface area contributed by atoms with E-state index in [9.17, 15) is 19.2 Å². The van der Waals surface area contributed by atoms with Crippen molar-refractivity contribution >= 4 is 36.3 Å². The first-order valence-corrected chi connectivity index (χ1v) is 9.37. The van der Waals surface area contributed by atoms with Gasteiger partial charge in [0.25, 0.3) is 0 Å². The van der Waals surface area contributed by atoms with Gasteiger partial charge in [-0.2, -0.15) is 12.6 Å². The van der Waals surface area contributed by atoms with Gasteiger partial charge in [-0.3, -0.25) is 14.4 Å². The van der Waals surface area contributed by atoms with Crippen LogP contribution in [-0.2, 0) is 19.2 Å². The Kier molecular flexibility index (Phi) is 9.42. The van der Waals surface area contributed by atoms with E-state index in [1.807, 2.05) is 6.92 Å². The molecule has 148 valence electrons. The van der Waals surface area contributed by atoms with Crippen LogP contribution in [0.2, 0.25) is 0 Å². The summed E-state index contributed by atoms with van der Waals surface area (Å²) < 4.78 is 0. The minimum Gasteiger partial charge on any atom is -0.480 e. The van der Waals surface area contributed by atoms with E-state index in [4.69, 9.17) is 5.11 Å². The lowest BCUT2D eigenvalue weighted by atomic mass is 9.99. The Morgan fingerprint density at radius 3 is 2.46 bits per heavy atom. The van der Waals surface area contributed by atoms with Crippen molar-refractivity contribution in [2.75, 3.05) is 18.8 Å². The molecular weight excluding hydrogens is 360 g/mol. The van der Waals surface area contributed by atoms with Gasteiger partial charge in [-0.25, -0.2) is 4.79 Å². The van der Waals surface area contributed by atoms with Crippen LogP contribution in [0.3, 0.4) is 0 Å². The zero-order valence-corrected chi connectivity index (χ0v) is 16.0. The summed E-state index contributed by atoms with van der Waals surface area (Å²) in [6.07, 6.45) is 2.20. The standard InChI is InChI=1S/C16H28N4O5S/c1-3-9(2)13(16(24)25)20-12(21)7-18-14(22)11(8-26)19-15(23)10-5-4-6-17-10/h9-11,13,17,26H,3-8H2,1-2H3,(H,18,22)(H,19,23)(H,20,21)(H,24,25). The van der Waals surface area contributed by atoms with Gasteiger partial charge < -0.3 is 26.4 Å². The van der Waals surface area contributed by atoms with Crippen LogP contribution < -0.4 is 21.3 Å². The number of rotatable bonds is 10. The number of carbonyl (C=O) groups excluding carboxylic acids is 3. The summed E-state index contributed by atoms with van der Waals surface area (Å²) in [4.78, 5) is 47.3. The average Bonchev–Trinajstić information content (AvgIpc) is 3.15. The largest absolute Gasteiger partial charge is 0.480 e. The number of carboxylic acid groups (broad SMARTS) is 1. The highest BCUT2D eigenvalue weighted by Gasteiger charge is 2.28. The van der Waals surface area contributed by atoms with E-state index >= 15 is 0 Å². The molecule has 9 nitrogen and oxygen atoms in total. The van der Waals surface area contributed by atoms with Crippen molar-refractivity contribution in [2.45, 2.75) is 51.2 Å². The second-order valence-corrected chi connectivity index (χ2v) is 6.74. The second-order valence-electron chi connectivity index (χ2n) is 6.38. The van der Waals surface area contributed by atoms with Crippen molar-refractivity contribution in [3.8, 4) is 0 Å². The van der Waals surface area contributed by atoms with E-state index < -0.39 is 29.9 Å². The molecule has 1 fully saturated rings. The van der Waals surface area contributed by atoms with Gasteiger partial charge in [0.1, 0.15) is 12.1 Å². The molecule has 1 aliphatic rings. The lowest BCUT2D eigenvalue weighted by Gasteiger charge is -2.21. The molecule has 4 unspecified atom stereocenters. The van der Waals surface area contributed by atoms with Gasteiger partial charge >= 0.3 is 5.97 Å². The summed E-state index contributed by atoms with van der Waals surface area (Å²) in [5.74, 6) is -2.70. The van der Waals surface area contributed by atoms with Crippen LogP contribution in [0.1, 0.15) is 33.1 Å². The summed E-state index contributed by atoms with van der Waals surface area (Å²) in [5.41, 5.74) is 0. The van der Waals surface area contributed by atoms with Gasteiger partial charge in [0.2, 0.25) is 17.7 Å². The molecule has 5 N–H and O–H groups in total. The first-order valence-electron chi connectivity index (χ1n) is 8.74. The Hall–Kier alpha value is -1.81. The number of aliphatic carboxylic acids is 1. The van der Waals surface area contributed by atoms with Crippen molar-refractivity contribution in [3.05, 3.63) is 0 Å². The van der Waals surface area contributed by atoms with Crippen LogP contribution in [0.25, 0.3) is 0 Å². The number of carbonyl (C=O) groups is 4. The zero-order chi connectivity index (χ0) is 19.7. The Morgan fingerprint density at radius 2 is 1.96 bits per heavy atom. The Bertz CT molecular complexity index is 525. The monoisotopic (exact) mass is 388 g/mol. The maximum absolute atomic E-state index is 12.1. The molecule has 0 bridgehead atoms. The van der Waals surface area contributed by atoms with Gasteiger partial charge in [-0.15, -0.1) is 0 Å². The van der Waals surface area contributed by atoms with Gasteiger partial charge in [-0.05, 0) is 25.3 Å². The van der Waals surface area contributed by atoms with Crippen molar-refractivity contribution in [1.29, 1.82) is 0 Å². The van der Waals surface area contributed by atoms with Gasteiger partial charge in [0.05, 0.1) is 12.6 Å². The van der Waals surface area contributed by atoms with Crippen molar-refractivity contribution in [3.63, 3.8) is 0 Å². The molecule has 1 aliphatic heterocycles. The third-order valence-electron chi connectivity index (χ3n) is 4.41. The minimum atomic E-state index is -1.12. The topological polar surface area (TPSA) is 137 Å². The van der Waals surface area contributed by atoms with E-state index in [1.165, 1.54) is 0 Å². The SMILES string of the molecule is CCC(C)C(NC(=O)CNC(=O)C(CS)NC(=O)C1CCCN1)C(=O)O. The molecule has 0 aromatic rings. The lowest BCUT2D eigenvalue weighted by Crippen LogP contribution is -2.54. The molecule has 0 saturated carbocycles. The van der Waals surface area contributed by atoms with Crippen LogP contribution in [0, 0.1) is 5.92 Å². The van der Waals surface area contributed by atoms with Crippen molar-refractivity contribution in [1.82, 2.24) is 21.3 Å². The molecule has 0 aromatic heterocycles. The summed E-state index contributed by atoms with van der Waals surface area (Å²) >= 11 is 4.06. The molecule has 1 rings (SSSR count). The van der Waals surface area contributed by atoms with Crippen LogP contribution in [0.15, 0.2) is 0 Å². The maximum atomic E-state index is 12.1. The molecule has 10 heteroatoms. The third-order valence-corrected chi connectivity index (χ3v) is 4.78. The first-order chi connectivity index (χ1) is 12.3. The second kappa shape index (κ2) is 11.0. The van der Waals surface area contributed by atoms with E-state index in [-0.39, 0.29) is 30.2 Å². The zero-order valence-electron chi connectivity index (χ0n) is 15.1. The highest BCUT2D eigenvalue weighted by atomic mass is 32.1. The van der Waals surface area contributed by atoms with E-state index in [0.29, 0.717) is 12.8 Å². The van der Waals surface area contributed by atoms with Gasteiger partial charge in [-0.1, -0.05) is 20.3 Å². The Morgan fingerprint density at radius 1 is 1.27 bits per heavy atom. The van der Waals surface area contributed by atoms with Crippen molar-refractivity contribution < 1.29 is 24.3 Å². The predicted octanol–water partition coefficient (Wildman–Crippen LogP) is -1.12. The number of hydrogen-bond donors (Lipinski definition) is 6. The molecule has 0 radical (unpaired) electrons.